The van der Waals surface area contributed by atoms with Gasteiger partial charge in [-0.3, -0.25) is 0 Å². The first-order valence-electron chi connectivity index (χ1n) is 7.14. The molecule has 0 saturated heterocycles. The monoisotopic (exact) mass is 240 g/mol. The summed E-state index contributed by atoms with van der Waals surface area (Å²) >= 11 is 0. The number of allylic oxidation sites excluding steroid dienone is 2. The maximum Gasteiger partial charge on any atom is 0.122 e. The molecule has 4 rings (SSSR count). The van der Waals surface area contributed by atoms with Crippen molar-refractivity contribution in [1.82, 2.24) is 0 Å². The average molecular weight is 240 g/mol. The van der Waals surface area contributed by atoms with Crippen LogP contribution in [0.4, 0.5) is 0 Å². The molecule has 0 radical (unpaired) electrons. The summed E-state index contributed by atoms with van der Waals surface area (Å²) < 4.78 is 5.51. The summed E-state index contributed by atoms with van der Waals surface area (Å²) in [5.74, 6) is 2.82. The maximum absolute atomic E-state index is 5.51. The van der Waals surface area contributed by atoms with Gasteiger partial charge >= 0.3 is 0 Å². The standard InChI is InChI=1S/C17H20O/c1-18-16-4-2-3-13-11-17(8-7-15(13)16)10-12-5-6-14(17)9-12/h2-6,12,14H,7-11H2,1H3. The molecule has 94 valence electrons. The van der Waals surface area contributed by atoms with Crippen molar-refractivity contribution >= 4 is 0 Å². The van der Waals surface area contributed by atoms with Crippen LogP contribution in [0.3, 0.4) is 0 Å². The second-order valence-corrected chi connectivity index (χ2v) is 6.33. The quantitative estimate of drug-likeness (QED) is 0.679. The number of ether oxygens (including phenoxy) is 1. The Balaban J connectivity index is 1.72. The van der Waals surface area contributed by atoms with Crippen molar-refractivity contribution in [3.05, 3.63) is 41.5 Å². The molecule has 1 fully saturated rings. The van der Waals surface area contributed by atoms with Gasteiger partial charge in [-0.25, -0.2) is 0 Å². The molecule has 3 aliphatic carbocycles. The Morgan fingerprint density at radius 1 is 1.28 bits per heavy atom. The van der Waals surface area contributed by atoms with Crippen LogP contribution in [0.15, 0.2) is 30.4 Å². The van der Waals surface area contributed by atoms with E-state index in [4.69, 9.17) is 4.74 Å². The van der Waals surface area contributed by atoms with Crippen molar-refractivity contribution in [3.8, 4) is 5.75 Å². The lowest BCUT2D eigenvalue weighted by Crippen LogP contribution is -2.33. The topological polar surface area (TPSA) is 9.23 Å². The van der Waals surface area contributed by atoms with Crippen molar-refractivity contribution < 1.29 is 4.74 Å². The second kappa shape index (κ2) is 3.63. The Labute approximate surface area is 109 Å². The summed E-state index contributed by atoms with van der Waals surface area (Å²) in [6.45, 7) is 0. The summed E-state index contributed by atoms with van der Waals surface area (Å²) in [4.78, 5) is 0. The molecule has 1 nitrogen and oxygen atoms in total. The van der Waals surface area contributed by atoms with Gasteiger partial charge in [0.05, 0.1) is 7.11 Å². The summed E-state index contributed by atoms with van der Waals surface area (Å²) in [5.41, 5.74) is 3.60. The van der Waals surface area contributed by atoms with Gasteiger partial charge in [0.2, 0.25) is 0 Å². The van der Waals surface area contributed by atoms with Gasteiger partial charge in [0.15, 0.2) is 0 Å². The largest absolute Gasteiger partial charge is 0.496 e. The summed E-state index contributed by atoms with van der Waals surface area (Å²) in [6, 6.07) is 6.58. The normalized spacial score (nSPS) is 36.1. The highest BCUT2D eigenvalue weighted by Crippen LogP contribution is 2.58. The lowest BCUT2D eigenvalue weighted by Gasteiger charge is -2.40. The predicted octanol–water partition coefficient (Wildman–Crippen LogP) is 3.77. The van der Waals surface area contributed by atoms with Gasteiger partial charge < -0.3 is 4.74 Å². The number of rotatable bonds is 1. The summed E-state index contributed by atoms with van der Waals surface area (Å²) in [5, 5.41) is 0. The van der Waals surface area contributed by atoms with Gasteiger partial charge in [-0.2, -0.15) is 0 Å². The number of hydrogen-bond acceptors (Lipinski definition) is 1. The van der Waals surface area contributed by atoms with Crippen molar-refractivity contribution in [1.29, 1.82) is 0 Å². The molecular weight excluding hydrogens is 220 g/mol. The summed E-state index contributed by atoms with van der Waals surface area (Å²) in [7, 11) is 1.79. The highest BCUT2D eigenvalue weighted by Gasteiger charge is 2.49. The van der Waals surface area contributed by atoms with Gasteiger partial charge in [-0.05, 0) is 66.5 Å². The van der Waals surface area contributed by atoms with Gasteiger partial charge in [0.25, 0.3) is 0 Å². The smallest absolute Gasteiger partial charge is 0.122 e. The van der Waals surface area contributed by atoms with E-state index in [2.05, 4.69) is 30.4 Å². The summed E-state index contributed by atoms with van der Waals surface area (Å²) in [6.07, 6.45) is 11.6. The molecule has 0 amide bonds. The zero-order valence-corrected chi connectivity index (χ0v) is 11.0. The third-order valence-corrected chi connectivity index (χ3v) is 5.49. The molecule has 18 heavy (non-hydrogen) atoms. The average Bonchev–Trinajstić information content (AvgIpc) is 2.98. The fourth-order valence-corrected chi connectivity index (χ4v) is 4.64. The lowest BCUT2D eigenvalue weighted by atomic mass is 9.64. The molecule has 1 aromatic rings. The van der Waals surface area contributed by atoms with Gasteiger partial charge in [-0.1, -0.05) is 24.3 Å². The van der Waals surface area contributed by atoms with Crippen LogP contribution in [-0.4, -0.2) is 7.11 Å². The first-order valence-corrected chi connectivity index (χ1v) is 7.14. The van der Waals surface area contributed by atoms with Crippen LogP contribution in [0, 0.1) is 17.3 Å². The maximum atomic E-state index is 5.51. The van der Waals surface area contributed by atoms with Crippen LogP contribution >= 0.6 is 0 Å². The van der Waals surface area contributed by atoms with Gasteiger partial charge in [-0.15, -0.1) is 0 Å². The van der Waals surface area contributed by atoms with E-state index in [1.54, 1.807) is 12.7 Å². The number of fused-ring (bicyclic) bond motifs is 4. The molecule has 1 heteroatoms. The molecule has 1 saturated carbocycles. The van der Waals surface area contributed by atoms with E-state index in [-0.39, 0.29) is 0 Å². The van der Waals surface area contributed by atoms with E-state index in [9.17, 15) is 0 Å². The van der Waals surface area contributed by atoms with E-state index in [0.29, 0.717) is 5.41 Å². The van der Waals surface area contributed by atoms with Gasteiger partial charge in [0.1, 0.15) is 5.75 Å². The van der Waals surface area contributed by atoms with Crippen molar-refractivity contribution in [3.63, 3.8) is 0 Å². The molecule has 0 aliphatic heterocycles. The van der Waals surface area contributed by atoms with Crippen LogP contribution in [-0.2, 0) is 12.8 Å². The fraction of sp³-hybridized carbons (Fsp3) is 0.529. The highest BCUT2D eigenvalue weighted by molar-refractivity contribution is 5.43. The lowest BCUT2D eigenvalue weighted by molar-refractivity contribution is 0.193. The highest BCUT2D eigenvalue weighted by atomic mass is 16.5. The molecule has 3 unspecified atom stereocenters. The molecule has 0 aromatic heterocycles. The number of benzene rings is 1. The van der Waals surface area contributed by atoms with E-state index in [1.807, 2.05) is 0 Å². The van der Waals surface area contributed by atoms with E-state index < -0.39 is 0 Å². The molecular formula is C17H20O. The molecule has 0 N–H and O–H groups in total. The molecule has 1 aromatic carbocycles. The molecule has 0 heterocycles. The SMILES string of the molecule is COc1cccc2c1CCC1(C2)CC2C=CC1C2. The Kier molecular flexibility index (Phi) is 2.15. The van der Waals surface area contributed by atoms with Crippen LogP contribution < -0.4 is 4.74 Å². The minimum absolute atomic E-state index is 0.582. The Bertz CT molecular complexity index is 516. The van der Waals surface area contributed by atoms with Crippen LogP contribution in [0.2, 0.25) is 0 Å². The van der Waals surface area contributed by atoms with Crippen LogP contribution in [0.5, 0.6) is 5.75 Å². The minimum atomic E-state index is 0.582. The zero-order valence-electron chi connectivity index (χ0n) is 11.0. The van der Waals surface area contributed by atoms with E-state index >= 15 is 0 Å². The number of hydrogen-bond donors (Lipinski definition) is 0. The Morgan fingerprint density at radius 2 is 2.22 bits per heavy atom. The van der Waals surface area contributed by atoms with Gasteiger partial charge in [0, 0.05) is 0 Å². The molecule has 2 bridgehead atoms. The van der Waals surface area contributed by atoms with Crippen molar-refractivity contribution in [2.75, 3.05) is 7.11 Å². The van der Waals surface area contributed by atoms with Crippen LogP contribution in [0.1, 0.15) is 30.4 Å². The molecule has 3 aliphatic rings. The van der Waals surface area contributed by atoms with Crippen molar-refractivity contribution in [2.45, 2.75) is 32.1 Å². The van der Waals surface area contributed by atoms with E-state index in [0.717, 1.165) is 17.6 Å². The fourth-order valence-electron chi connectivity index (χ4n) is 4.64. The second-order valence-electron chi connectivity index (χ2n) is 6.33. The van der Waals surface area contributed by atoms with Crippen LogP contribution in [0.25, 0.3) is 0 Å². The predicted molar refractivity (Wildman–Crippen MR) is 72.8 cm³/mol. The first kappa shape index (κ1) is 10.7. The third-order valence-electron chi connectivity index (χ3n) is 5.49. The zero-order chi connectivity index (χ0) is 12.2. The molecule has 1 spiro atoms. The Morgan fingerprint density at radius 3 is 2.94 bits per heavy atom. The Hall–Kier alpha value is -1.24. The first-order chi connectivity index (χ1) is 8.81. The third kappa shape index (κ3) is 1.33. The minimum Gasteiger partial charge on any atom is -0.496 e. The van der Waals surface area contributed by atoms with Crippen molar-refractivity contribution in [2.24, 2.45) is 17.3 Å². The molecule has 3 atom stereocenters. The number of methoxy groups -OCH3 is 1. The van der Waals surface area contributed by atoms with E-state index in [1.165, 1.54) is 37.7 Å².